The third-order valence-electron chi connectivity index (χ3n) is 8.04. The summed E-state index contributed by atoms with van der Waals surface area (Å²) in [5.74, 6) is -0.267. The lowest BCUT2D eigenvalue weighted by Crippen LogP contribution is -2.58. The highest BCUT2D eigenvalue weighted by Crippen LogP contribution is 2.56. The Balaban J connectivity index is 1.29. The molecule has 6 rings (SSSR count). The summed E-state index contributed by atoms with van der Waals surface area (Å²) in [5, 5.41) is 9.63. The van der Waals surface area contributed by atoms with Crippen molar-refractivity contribution in [2.24, 2.45) is 11.8 Å². The minimum atomic E-state index is -2.72. The van der Waals surface area contributed by atoms with Gasteiger partial charge in [0.2, 0.25) is 0 Å². The predicted molar refractivity (Wildman–Crippen MR) is 126 cm³/mol. The third-order valence-corrected chi connectivity index (χ3v) is 11.5. The molecule has 4 fully saturated rings. The molecule has 184 valence electrons. The molecule has 10 heteroatoms. The number of rotatable bonds is 5. The highest BCUT2D eigenvalue weighted by atomic mass is 35.5. The molecule has 8 nitrogen and oxygen atoms in total. The van der Waals surface area contributed by atoms with Crippen LogP contribution in [0.2, 0.25) is 5.02 Å². The first-order valence-corrected chi connectivity index (χ1v) is 13.9. The van der Waals surface area contributed by atoms with E-state index in [9.17, 15) is 13.8 Å². The summed E-state index contributed by atoms with van der Waals surface area (Å²) in [6.45, 7) is 1.88. The molecule has 2 saturated heterocycles. The SMILES string of the molecule is O=C(O)CC1CCN(C(=O)OC23CC2=S(=O)(c2ccc(Cl)cc2)N2[C@H](C4CC4)COC[C@@H]23)CC1. The number of fused-ring (bicyclic) bond motifs is 3. The second kappa shape index (κ2) is 8.11. The number of aliphatic carboxylic acids is 1. The molecule has 1 N–H and O–H groups in total. The molecule has 2 unspecified atom stereocenters. The summed E-state index contributed by atoms with van der Waals surface area (Å²) >= 11 is 6.12. The lowest BCUT2D eigenvalue weighted by molar-refractivity contribution is -0.138. The molecule has 1 amide bonds. The van der Waals surface area contributed by atoms with Gasteiger partial charge in [0.15, 0.2) is 5.60 Å². The molecule has 34 heavy (non-hydrogen) atoms. The number of carbonyl (C=O) groups excluding carboxylic acids is 1. The van der Waals surface area contributed by atoms with Crippen LogP contribution in [0, 0.1) is 11.8 Å². The van der Waals surface area contributed by atoms with Crippen LogP contribution in [0.25, 0.3) is 0 Å². The maximum absolute atomic E-state index is 14.8. The van der Waals surface area contributed by atoms with Crippen molar-refractivity contribution < 1.29 is 28.4 Å². The summed E-state index contributed by atoms with van der Waals surface area (Å²) in [6, 6.07) is 6.97. The molecule has 0 aromatic heterocycles. The summed E-state index contributed by atoms with van der Waals surface area (Å²) in [6.07, 6.45) is 3.70. The average Bonchev–Trinajstić information content (AvgIpc) is 3.74. The fraction of sp³-hybridized carbons (Fsp3) is 0.625. The molecule has 0 bridgehead atoms. The van der Waals surface area contributed by atoms with Crippen molar-refractivity contribution in [3.05, 3.63) is 29.3 Å². The van der Waals surface area contributed by atoms with Gasteiger partial charge >= 0.3 is 12.1 Å². The summed E-state index contributed by atoms with van der Waals surface area (Å²) in [7, 11) is -2.72. The zero-order valence-corrected chi connectivity index (χ0v) is 20.4. The van der Waals surface area contributed by atoms with Gasteiger partial charge in [-0.25, -0.2) is 13.3 Å². The van der Waals surface area contributed by atoms with E-state index in [1.54, 1.807) is 17.0 Å². The van der Waals surface area contributed by atoms with Crippen molar-refractivity contribution in [2.45, 2.75) is 61.1 Å². The Hall–Kier alpha value is -1.81. The molecule has 2 aliphatic carbocycles. The van der Waals surface area contributed by atoms with E-state index in [1.807, 2.05) is 12.1 Å². The average molecular weight is 509 g/mol. The van der Waals surface area contributed by atoms with Gasteiger partial charge in [0.05, 0.1) is 33.8 Å². The number of ether oxygens (including phenoxy) is 2. The van der Waals surface area contributed by atoms with E-state index >= 15 is 0 Å². The number of likely N-dealkylation sites (tertiary alicyclic amines) is 1. The number of carbonyl (C=O) groups is 2. The largest absolute Gasteiger partial charge is 0.481 e. The van der Waals surface area contributed by atoms with E-state index in [4.69, 9.17) is 26.2 Å². The van der Waals surface area contributed by atoms with Gasteiger partial charge < -0.3 is 19.5 Å². The Bertz CT molecular complexity index is 1140. The number of halogens is 1. The Labute approximate surface area is 204 Å². The summed E-state index contributed by atoms with van der Waals surface area (Å²) < 4.78 is 29.1. The van der Waals surface area contributed by atoms with Crippen LogP contribution in [0.1, 0.15) is 38.5 Å². The Morgan fingerprint density at radius 3 is 2.50 bits per heavy atom. The van der Waals surface area contributed by atoms with Crippen molar-refractivity contribution >= 4 is 38.2 Å². The van der Waals surface area contributed by atoms with Gasteiger partial charge in [-0.1, -0.05) is 11.6 Å². The Morgan fingerprint density at radius 1 is 1.15 bits per heavy atom. The van der Waals surface area contributed by atoms with Gasteiger partial charge in [-0.05, 0) is 61.8 Å². The van der Waals surface area contributed by atoms with E-state index in [1.165, 1.54) is 0 Å². The maximum atomic E-state index is 14.8. The monoisotopic (exact) mass is 508 g/mol. The minimum absolute atomic E-state index is 0.0459. The first kappa shape index (κ1) is 22.6. The first-order chi connectivity index (χ1) is 16.3. The van der Waals surface area contributed by atoms with Crippen molar-refractivity contribution in [3.63, 3.8) is 0 Å². The van der Waals surface area contributed by atoms with Crippen LogP contribution in [0.3, 0.4) is 0 Å². The van der Waals surface area contributed by atoms with Crippen LogP contribution < -0.4 is 0 Å². The van der Waals surface area contributed by atoms with E-state index in [0.29, 0.717) is 61.4 Å². The highest BCUT2D eigenvalue weighted by molar-refractivity contribution is 8.01. The first-order valence-electron chi connectivity index (χ1n) is 12.0. The van der Waals surface area contributed by atoms with E-state index < -0.39 is 27.4 Å². The van der Waals surface area contributed by atoms with Gasteiger partial charge in [-0.3, -0.25) is 4.79 Å². The van der Waals surface area contributed by atoms with E-state index in [-0.39, 0.29) is 24.4 Å². The molecule has 1 aromatic carbocycles. The second-order valence-corrected chi connectivity index (χ2v) is 13.1. The molecule has 3 aliphatic heterocycles. The van der Waals surface area contributed by atoms with E-state index in [0.717, 1.165) is 17.7 Å². The fourth-order valence-electron chi connectivity index (χ4n) is 6.00. The number of piperidine rings is 1. The standard InChI is InChI=1S/C24H29ClN2O6S/c25-17-3-5-18(6-4-17)34(31)21-12-24(21,20-14-32-13-19(27(20)34)16-1-2-16)33-23(30)26-9-7-15(8-10-26)11-22(28)29/h3-6,15-16,19-20H,1-2,7-14H2,(H,28,29)/t19-,20+,24?,34?/m0/s1. The molecular weight excluding hydrogens is 480 g/mol. The van der Waals surface area contributed by atoms with E-state index in [2.05, 4.69) is 4.31 Å². The molecule has 3 heterocycles. The van der Waals surface area contributed by atoms with Crippen molar-refractivity contribution in [3.8, 4) is 0 Å². The normalized spacial score (nSPS) is 35.6. The number of hydrogen-bond donors (Lipinski definition) is 1. The number of carboxylic acid groups (broad SMARTS) is 1. The van der Waals surface area contributed by atoms with Crippen LogP contribution in [-0.2, 0) is 24.0 Å². The van der Waals surface area contributed by atoms with Crippen molar-refractivity contribution in [1.82, 2.24) is 9.21 Å². The predicted octanol–water partition coefficient (Wildman–Crippen LogP) is 3.03. The van der Waals surface area contributed by atoms with Crippen LogP contribution in [0.4, 0.5) is 4.79 Å². The quantitative estimate of drug-likeness (QED) is 0.614. The zero-order chi connectivity index (χ0) is 23.7. The third kappa shape index (κ3) is 3.54. The number of amides is 1. The van der Waals surface area contributed by atoms with Crippen LogP contribution in [-0.4, -0.2) is 79.4 Å². The second-order valence-electron chi connectivity index (χ2n) is 10.2. The Kier molecular flexibility index (Phi) is 5.40. The molecule has 4 atom stereocenters. The van der Waals surface area contributed by atoms with Crippen LogP contribution in [0.15, 0.2) is 29.2 Å². The molecule has 5 aliphatic rings. The number of hydrogen-bond acceptors (Lipinski definition) is 5. The number of benzene rings is 1. The van der Waals surface area contributed by atoms with Crippen LogP contribution in [0.5, 0.6) is 0 Å². The molecular formula is C24H29ClN2O6S. The van der Waals surface area contributed by atoms with Gasteiger partial charge in [-0.15, -0.1) is 0 Å². The minimum Gasteiger partial charge on any atom is -0.481 e. The van der Waals surface area contributed by atoms with Crippen molar-refractivity contribution in [1.29, 1.82) is 0 Å². The topological polar surface area (TPSA) is 96.4 Å². The number of morpholine rings is 1. The van der Waals surface area contributed by atoms with Gasteiger partial charge in [0.25, 0.3) is 0 Å². The molecule has 0 spiro atoms. The lowest BCUT2D eigenvalue weighted by Gasteiger charge is -2.43. The van der Waals surface area contributed by atoms with Crippen molar-refractivity contribution in [2.75, 3.05) is 26.3 Å². The number of nitrogens with zero attached hydrogens (tertiary/aromatic N) is 2. The maximum Gasteiger partial charge on any atom is 0.410 e. The van der Waals surface area contributed by atoms with Gasteiger partial charge in [-0.2, -0.15) is 0 Å². The fourth-order valence-corrected chi connectivity index (χ4v) is 9.67. The summed E-state index contributed by atoms with van der Waals surface area (Å²) in [5.41, 5.74) is -0.890. The highest BCUT2D eigenvalue weighted by Gasteiger charge is 2.73. The number of carboxylic acids is 1. The summed E-state index contributed by atoms with van der Waals surface area (Å²) in [4.78, 5) is 27.4. The smallest absolute Gasteiger partial charge is 0.410 e. The molecule has 2 saturated carbocycles. The Morgan fingerprint density at radius 2 is 1.85 bits per heavy atom. The van der Waals surface area contributed by atoms with Gasteiger partial charge in [0, 0.05) is 41.9 Å². The molecule has 0 radical (unpaired) electrons. The molecule has 1 aromatic rings. The van der Waals surface area contributed by atoms with Gasteiger partial charge in [0.1, 0.15) is 0 Å². The zero-order valence-electron chi connectivity index (χ0n) is 18.9. The van der Waals surface area contributed by atoms with Crippen LogP contribution >= 0.6 is 11.6 Å². The lowest BCUT2D eigenvalue weighted by atomic mass is 9.94.